The Morgan fingerprint density at radius 1 is 1.24 bits per heavy atom. The Morgan fingerprint density at radius 3 is 2.86 bits per heavy atom. The minimum Gasteiger partial charge on any atom is -0.338 e. The summed E-state index contributed by atoms with van der Waals surface area (Å²) >= 11 is 1.44. The SMILES string of the molecule is CC1CCCN(Cc2csc(NC(=O)CCNC(=O)NCc3ccccc3)n2)C1. The molecule has 1 fully saturated rings. The molecule has 29 heavy (non-hydrogen) atoms. The van der Waals surface area contributed by atoms with Crippen LogP contribution in [0.25, 0.3) is 0 Å². The standard InChI is InChI=1S/C21H29N5O2S/c1-16-6-5-11-26(13-16)14-18-15-29-21(24-18)25-19(27)9-10-22-20(28)23-12-17-7-3-2-4-8-17/h2-4,7-8,15-16H,5-6,9-14H2,1H3,(H2,22,23,28)(H,24,25,27). The van der Waals surface area contributed by atoms with Crippen molar-refractivity contribution < 1.29 is 9.59 Å². The van der Waals surface area contributed by atoms with Crippen LogP contribution in [0.3, 0.4) is 0 Å². The number of hydrogen-bond acceptors (Lipinski definition) is 5. The van der Waals surface area contributed by atoms with Crippen LogP contribution in [0.2, 0.25) is 0 Å². The van der Waals surface area contributed by atoms with E-state index in [-0.39, 0.29) is 24.9 Å². The van der Waals surface area contributed by atoms with Crippen LogP contribution in [-0.4, -0.2) is 41.5 Å². The largest absolute Gasteiger partial charge is 0.338 e. The lowest BCUT2D eigenvalue weighted by molar-refractivity contribution is -0.116. The third kappa shape index (κ3) is 7.47. The molecule has 0 radical (unpaired) electrons. The maximum absolute atomic E-state index is 12.1. The van der Waals surface area contributed by atoms with Gasteiger partial charge in [0.15, 0.2) is 5.13 Å². The number of thiazole rings is 1. The predicted octanol–water partition coefficient (Wildman–Crippen LogP) is 3.20. The van der Waals surface area contributed by atoms with Gasteiger partial charge in [-0.25, -0.2) is 9.78 Å². The van der Waals surface area contributed by atoms with Gasteiger partial charge in [-0.1, -0.05) is 37.3 Å². The third-order valence-electron chi connectivity index (χ3n) is 4.86. The number of carbonyl (C=O) groups excluding carboxylic acids is 2. The zero-order valence-electron chi connectivity index (χ0n) is 16.8. The molecule has 7 nitrogen and oxygen atoms in total. The van der Waals surface area contributed by atoms with Crippen LogP contribution in [0.1, 0.15) is 37.4 Å². The highest BCUT2D eigenvalue weighted by Gasteiger charge is 2.17. The van der Waals surface area contributed by atoms with Crippen LogP contribution < -0.4 is 16.0 Å². The molecule has 1 saturated heterocycles. The second-order valence-corrected chi connectivity index (χ2v) is 8.38. The first-order valence-electron chi connectivity index (χ1n) is 10.1. The van der Waals surface area contributed by atoms with Crippen molar-refractivity contribution in [1.29, 1.82) is 0 Å². The molecule has 156 valence electrons. The molecule has 8 heteroatoms. The Kier molecular flexibility index (Phi) is 8.01. The first kappa shape index (κ1) is 21.3. The number of piperidine rings is 1. The lowest BCUT2D eigenvalue weighted by Crippen LogP contribution is -2.36. The molecule has 1 unspecified atom stereocenters. The van der Waals surface area contributed by atoms with E-state index >= 15 is 0 Å². The lowest BCUT2D eigenvalue weighted by atomic mass is 10.0. The molecule has 0 bridgehead atoms. The van der Waals surface area contributed by atoms with Crippen LogP contribution in [0.5, 0.6) is 0 Å². The Hall–Kier alpha value is -2.45. The summed E-state index contributed by atoms with van der Waals surface area (Å²) in [4.78, 5) is 30.8. The van der Waals surface area contributed by atoms with E-state index < -0.39 is 0 Å². The first-order valence-corrected chi connectivity index (χ1v) is 11.0. The molecule has 1 aromatic heterocycles. The summed E-state index contributed by atoms with van der Waals surface area (Å²) in [7, 11) is 0. The van der Waals surface area contributed by atoms with Crippen LogP contribution in [0.15, 0.2) is 35.7 Å². The second kappa shape index (κ2) is 10.9. The minimum atomic E-state index is -0.283. The number of nitrogens with one attached hydrogen (secondary N) is 3. The molecule has 1 aliphatic heterocycles. The second-order valence-electron chi connectivity index (χ2n) is 7.52. The van der Waals surface area contributed by atoms with Gasteiger partial charge in [-0.2, -0.15) is 0 Å². The van der Waals surface area contributed by atoms with E-state index in [4.69, 9.17) is 0 Å². The van der Waals surface area contributed by atoms with Crippen molar-refractivity contribution in [1.82, 2.24) is 20.5 Å². The maximum atomic E-state index is 12.1. The van der Waals surface area contributed by atoms with Crippen molar-refractivity contribution >= 4 is 28.4 Å². The van der Waals surface area contributed by atoms with Gasteiger partial charge < -0.3 is 16.0 Å². The van der Waals surface area contributed by atoms with Crippen molar-refractivity contribution in [3.8, 4) is 0 Å². The number of carbonyl (C=O) groups is 2. The summed E-state index contributed by atoms with van der Waals surface area (Å²) in [6, 6.07) is 9.40. The van der Waals surface area contributed by atoms with Gasteiger partial charge in [0.1, 0.15) is 0 Å². The van der Waals surface area contributed by atoms with Crippen LogP contribution in [0, 0.1) is 5.92 Å². The predicted molar refractivity (Wildman–Crippen MR) is 116 cm³/mol. The first-order chi connectivity index (χ1) is 14.1. The molecule has 2 aromatic rings. The number of benzene rings is 1. The highest BCUT2D eigenvalue weighted by molar-refractivity contribution is 7.13. The lowest BCUT2D eigenvalue weighted by Gasteiger charge is -2.30. The van der Waals surface area contributed by atoms with Crippen molar-refractivity contribution in [2.45, 2.75) is 39.3 Å². The fourth-order valence-electron chi connectivity index (χ4n) is 3.41. The van der Waals surface area contributed by atoms with E-state index in [1.165, 1.54) is 24.2 Å². The smallest absolute Gasteiger partial charge is 0.315 e. The van der Waals surface area contributed by atoms with Gasteiger partial charge >= 0.3 is 6.03 Å². The van der Waals surface area contributed by atoms with E-state index in [1.807, 2.05) is 35.7 Å². The molecular weight excluding hydrogens is 386 g/mol. The van der Waals surface area contributed by atoms with E-state index in [1.54, 1.807) is 0 Å². The molecule has 3 N–H and O–H groups in total. The number of aromatic nitrogens is 1. The molecule has 1 aliphatic rings. The van der Waals surface area contributed by atoms with Crippen molar-refractivity contribution in [3.05, 3.63) is 47.0 Å². The fraction of sp³-hybridized carbons (Fsp3) is 0.476. The van der Waals surface area contributed by atoms with E-state index in [0.717, 1.165) is 36.8 Å². The van der Waals surface area contributed by atoms with Crippen LogP contribution in [-0.2, 0) is 17.9 Å². The Labute approximate surface area is 175 Å². The average Bonchev–Trinajstić information content (AvgIpc) is 3.14. The quantitative estimate of drug-likeness (QED) is 0.618. The topological polar surface area (TPSA) is 86.4 Å². The highest BCUT2D eigenvalue weighted by atomic mass is 32.1. The van der Waals surface area contributed by atoms with Gasteiger partial charge in [0.05, 0.1) is 5.69 Å². The fourth-order valence-corrected chi connectivity index (χ4v) is 4.13. The van der Waals surface area contributed by atoms with E-state index in [0.29, 0.717) is 11.7 Å². The number of hydrogen-bond donors (Lipinski definition) is 3. The number of anilines is 1. The third-order valence-corrected chi connectivity index (χ3v) is 5.66. The molecule has 1 atom stereocenters. The van der Waals surface area contributed by atoms with Crippen molar-refractivity contribution in [2.75, 3.05) is 25.0 Å². The summed E-state index contributed by atoms with van der Waals surface area (Å²) in [5.74, 6) is 0.583. The van der Waals surface area contributed by atoms with E-state index in [9.17, 15) is 9.59 Å². The minimum absolute atomic E-state index is 0.152. The van der Waals surface area contributed by atoms with Crippen LogP contribution >= 0.6 is 11.3 Å². The zero-order chi connectivity index (χ0) is 20.5. The molecule has 0 aliphatic carbocycles. The normalized spacial score (nSPS) is 16.9. The average molecular weight is 416 g/mol. The molecular formula is C21H29N5O2S. The van der Waals surface area contributed by atoms with E-state index in [2.05, 4.69) is 32.8 Å². The van der Waals surface area contributed by atoms with Gasteiger partial charge in [0, 0.05) is 38.0 Å². The van der Waals surface area contributed by atoms with Gasteiger partial charge in [-0.15, -0.1) is 11.3 Å². The summed E-state index contributed by atoms with van der Waals surface area (Å²) in [5, 5.41) is 10.9. The van der Waals surface area contributed by atoms with Crippen molar-refractivity contribution in [3.63, 3.8) is 0 Å². The van der Waals surface area contributed by atoms with Gasteiger partial charge in [0.2, 0.25) is 5.91 Å². The number of urea groups is 1. The highest BCUT2D eigenvalue weighted by Crippen LogP contribution is 2.20. The number of rotatable bonds is 8. The Morgan fingerprint density at radius 2 is 2.07 bits per heavy atom. The summed E-state index contributed by atoms with van der Waals surface area (Å²) < 4.78 is 0. The summed E-state index contributed by atoms with van der Waals surface area (Å²) in [6.07, 6.45) is 2.74. The molecule has 2 heterocycles. The van der Waals surface area contributed by atoms with Gasteiger partial charge in [-0.3, -0.25) is 9.69 Å². The Bertz CT molecular complexity index is 795. The molecule has 1 aromatic carbocycles. The number of nitrogens with zero attached hydrogens (tertiary/aromatic N) is 2. The zero-order valence-corrected chi connectivity index (χ0v) is 17.6. The molecule has 0 saturated carbocycles. The molecule has 3 amide bonds. The maximum Gasteiger partial charge on any atom is 0.315 e. The summed E-state index contributed by atoms with van der Waals surface area (Å²) in [5.41, 5.74) is 2.02. The Balaban J connectivity index is 1.32. The van der Waals surface area contributed by atoms with Gasteiger partial charge in [-0.05, 0) is 30.9 Å². The molecule has 0 spiro atoms. The summed E-state index contributed by atoms with van der Waals surface area (Å²) in [6.45, 7) is 6.07. The van der Waals surface area contributed by atoms with Crippen LogP contribution in [0.4, 0.5) is 9.93 Å². The van der Waals surface area contributed by atoms with Crippen molar-refractivity contribution in [2.24, 2.45) is 5.92 Å². The number of amides is 3. The van der Waals surface area contributed by atoms with Gasteiger partial charge in [0.25, 0.3) is 0 Å². The number of likely N-dealkylation sites (tertiary alicyclic amines) is 1. The molecule has 3 rings (SSSR count). The monoisotopic (exact) mass is 415 g/mol.